The number of hydrogen-bond acceptors (Lipinski definition) is 3. The first-order valence-corrected chi connectivity index (χ1v) is 6.08. The Bertz CT molecular complexity index is 674. The summed E-state index contributed by atoms with van der Waals surface area (Å²) in [7, 11) is 0. The summed E-state index contributed by atoms with van der Waals surface area (Å²) < 4.78 is 26.7. The Morgan fingerprint density at radius 1 is 1.15 bits per heavy atom. The van der Waals surface area contributed by atoms with Crippen molar-refractivity contribution in [2.75, 3.05) is 5.32 Å². The van der Waals surface area contributed by atoms with E-state index in [0.717, 1.165) is 12.4 Å². The number of aryl methyl sites for hydroxylation is 1. The minimum Gasteiger partial charge on any atom is -0.317 e. The Morgan fingerprint density at radius 3 is 2.35 bits per heavy atom. The maximum Gasteiger partial charge on any atom is 0.258 e. The number of rotatable bonds is 2. The molecule has 0 radical (unpaired) electrons. The number of carbonyl (C=O) groups is 1. The van der Waals surface area contributed by atoms with Crippen molar-refractivity contribution < 1.29 is 13.6 Å². The van der Waals surface area contributed by atoms with Gasteiger partial charge in [-0.2, -0.15) is 0 Å². The molecule has 0 saturated carbocycles. The minimum absolute atomic E-state index is 0.0396. The van der Waals surface area contributed by atoms with Crippen LogP contribution in [-0.2, 0) is 0 Å². The molecule has 8 heteroatoms. The van der Waals surface area contributed by atoms with Crippen LogP contribution in [0.3, 0.4) is 0 Å². The SMILES string of the molecule is Cc1cc(C(=O)Nc2c(Cl)ncnc2Cl)c(F)cc1F. The molecule has 2 aromatic rings. The highest BCUT2D eigenvalue weighted by molar-refractivity contribution is 6.38. The van der Waals surface area contributed by atoms with E-state index >= 15 is 0 Å². The third-order valence-corrected chi connectivity index (χ3v) is 3.06. The van der Waals surface area contributed by atoms with Gasteiger partial charge in [0.05, 0.1) is 5.56 Å². The van der Waals surface area contributed by atoms with Gasteiger partial charge in [-0.1, -0.05) is 23.2 Å². The van der Waals surface area contributed by atoms with Gasteiger partial charge in [0, 0.05) is 6.07 Å². The van der Waals surface area contributed by atoms with Gasteiger partial charge in [0.25, 0.3) is 5.91 Å². The van der Waals surface area contributed by atoms with Crippen molar-refractivity contribution in [3.05, 3.63) is 51.5 Å². The van der Waals surface area contributed by atoms with E-state index in [-0.39, 0.29) is 27.1 Å². The Labute approximate surface area is 122 Å². The fourth-order valence-corrected chi connectivity index (χ4v) is 1.87. The fraction of sp³-hybridized carbons (Fsp3) is 0.0833. The molecule has 0 aliphatic rings. The van der Waals surface area contributed by atoms with Crippen molar-refractivity contribution in [2.45, 2.75) is 6.92 Å². The molecule has 0 unspecified atom stereocenters. The second kappa shape index (κ2) is 5.68. The maximum absolute atomic E-state index is 13.6. The number of benzene rings is 1. The van der Waals surface area contributed by atoms with Crippen LogP contribution in [0.5, 0.6) is 0 Å². The van der Waals surface area contributed by atoms with Gasteiger partial charge >= 0.3 is 0 Å². The predicted octanol–water partition coefficient (Wildman–Crippen LogP) is 3.62. The van der Waals surface area contributed by atoms with Crippen LogP contribution in [0.2, 0.25) is 10.3 Å². The van der Waals surface area contributed by atoms with Gasteiger partial charge in [0.2, 0.25) is 0 Å². The highest BCUT2D eigenvalue weighted by Crippen LogP contribution is 2.26. The first-order chi connectivity index (χ1) is 9.40. The summed E-state index contributed by atoms with van der Waals surface area (Å²) in [5, 5.41) is 2.12. The highest BCUT2D eigenvalue weighted by Gasteiger charge is 2.18. The lowest BCUT2D eigenvalue weighted by Crippen LogP contribution is -2.15. The molecule has 1 aromatic heterocycles. The van der Waals surface area contributed by atoms with E-state index in [4.69, 9.17) is 23.2 Å². The normalized spacial score (nSPS) is 10.4. The molecule has 1 N–H and O–H groups in total. The molecule has 1 amide bonds. The Hall–Kier alpha value is -1.79. The molecule has 1 heterocycles. The minimum atomic E-state index is -0.991. The Kier molecular flexibility index (Phi) is 4.15. The van der Waals surface area contributed by atoms with Crippen LogP contribution >= 0.6 is 23.2 Å². The average Bonchev–Trinajstić information content (AvgIpc) is 2.38. The van der Waals surface area contributed by atoms with Gasteiger partial charge in [-0.15, -0.1) is 0 Å². The molecule has 2 rings (SSSR count). The third kappa shape index (κ3) is 2.86. The average molecular weight is 318 g/mol. The van der Waals surface area contributed by atoms with Gasteiger partial charge in [0.15, 0.2) is 10.3 Å². The lowest BCUT2D eigenvalue weighted by Gasteiger charge is -2.09. The number of nitrogens with zero attached hydrogens (tertiary/aromatic N) is 2. The zero-order valence-electron chi connectivity index (χ0n) is 10.0. The van der Waals surface area contributed by atoms with Gasteiger partial charge in [0.1, 0.15) is 23.6 Å². The zero-order valence-corrected chi connectivity index (χ0v) is 11.6. The molecule has 0 aliphatic heterocycles. The molecule has 0 atom stereocenters. The van der Waals surface area contributed by atoms with E-state index in [9.17, 15) is 13.6 Å². The van der Waals surface area contributed by atoms with Crippen LogP contribution in [0.25, 0.3) is 0 Å². The van der Waals surface area contributed by atoms with Gasteiger partial charge in [-0.25, -0.2) is 18.7 Å². The number of carbonyl (C=O) groups excluding carboxylic acids is 1. The van der Waals surface area contributed by atoms with E-state index < -0.39 is 17.5 Å². The Balaban J connectivity index is 2.36. The smallest absolute Gasteiger partial charge is 0.258 e. The predicted molar refractivity (Wildman–Crippen MR) is 71.1 cm³/mol. The summed E-state index contributed by atoms with van der Waals surface area (Å²) in [5.74, 6) is -2.56. The molecule has 0 aliphatic carbocycles. The number of halogens is 4. The largest absolute Gasteiger partial charge is 0.317 e. The molecular formula is C12H7Cl2F2N3O. The second-order valence-corrected chi connectivity index (χ2v) is 4.58. The van der Waals surface area contributed by atoms with Gasteiger partial charge < -0.3 is 5.32 Å². The molecule has 0 spiro atoms. The molecule has 1 aromatic carbocycles. The summed E-state index contributed by atoms with van der Waals surface area (Å²) >= 11 is 11.5. The number of aromatic nitrogens is 2. The standard InChI is InChI=1S/C12H7Cl2F2N3O/c1-5-2-6(8(16)3-7(5)15)12(20)19-9-10(13)17-4-18-11(9)14/h2-4H,1H3,(H,19,20). The van der Waals surface area contributed by atoms with Crippen molar-refractivity contribution in [1.82, 2.24) is 9.97 Å². The first kappa shape index (κ1) is 14.6. The van der Waals surface area contributed by atoms with E-state index in [1.807, 2.05) is 0 Å². The highest BCUT2D eigenvalue weighted by atomic mass is 35.5. The molecule has 20 heavy (non-hydrogen) atoms. The van der Waals surface area contributed by atoms with Crippen LogP contribution in [-0.4, -0.2) is 15.9 Å². The summed E-state index contributed by atoms with van der Waals surface area (Å²) in [6.07, 6.45) is 1.11. The van der Waals surface area contributed by atoms with Crippen LogP contribution in [0.1, 0.15) is 15.9 Å². The lowest BCUT2D eigenvalue weighted by atomic mass is 10.1. The summed E-state index contributed by atoms with van der Waals surface area (Å²) in [6, 6.07) is 1.72. The first-order valence-electron chi connectivity index (χ1n) is 5.33. The molecule has 0 saturated heterocycles. The quantitative estimate of drug-likeness (QED) is 0.861. The van der Waals surface area contributed by atoms with Gasteiger partial charge in [-0.05, 0) is 18.6 Å². The van der Waals surface area contributed by atoms with Crippen LogP contribution in [0, 0.1) is 18.6 Å². The molecule has 0 bridgehead atoms. The monoisotopic (exact) mass is 317 g/mol. The van der Waals surface area contributed by atoms with Crippen LogP contribution in [0.15, 0.2) is 18.5 Å². The summed E-state index contributed by atoms with van der Waals surface area (Å²) in [4.78, 5) is 19.2. The van der Waals surface area contributed by atoms with Crippen molar-refractivity contribution in [3.63, 3.8) is 0 Å². The molecule has 104 valence electrons. The van der Waals surface area contributed by atoms with Crippen LogP contribution in [0.4, 0.5) is 14.5 Å². The number of anilines is 1. The molecule has 4 nitrogen and oxygen atoms in total. The van der Waals surface area contributed by atoms with Crippen molar-refractivity contribution >= 4 is 34.8 Å². The zero-order chi connectivity index (χ0) is 14.9. The van der Waals surface area contributed by atoms with E-state index in [1.165, 1.54) is 6.92 Å². The van der Waals surface area contributed by atoms with Crippen molar-refractivity contribution in [3.8, 4) is 0 Å². The van der Waals surface area contributed by atoms with Crippen molar-refractivity contribution in [2.24, 2.45) is 0 Å². The van der Waals surface area contributed by atoms with Gasteiger partial charge in [-0.3, -0.25) is 4.79 Å². The number of hydrogen-bond donors (Lipinski definition) is 1. The number of amides is 1. The summed E-state index contributed by atoms with van der Waals surface area (Å²) in [6.45, 7) is 1.41. The van der Waals surface area contributed by atoms with E-state index in [2.05, 4.69) is 15.3 Å². The maximum atomic E-state index is 13.6. The lowest BCUT2D eigenvalue weighted by molar-refractivity contribution is 0.102. The molecular weight excluding hydrogens is 311 g/mol. The third-order valence-electron chi connectivity index (χ3n) is 2.49. The number of nitrogens with one attached hydrogen (secondary N) is 1. The van der Waals surface area contributed by atoms with E-state index in [0.29, 0.717) is 6.07 Å². The summed E-state index contributed by atoms with van der Waals surface area (Å²) in [5.41, 5.74) is -0.236. The van der Waals surface area contributed by atoms with Crippen molar-refractivity contribution in [1.29, 1.82) is 0 Å². The molecule has 0 fully saturated rings. The fourth-order valence-electron chi connectivity index (χ4n) is 1.46. The van der Waals surface area contributed by atoms with Crippen LogP contribution < -0.4 is 5.32 Å². The van der Waals surface area contributed by atoms with E-state index in [1.54, 1.807) is 0 Å². The topological polar surface area (TPSA) is 54.9 Å². The second-order valence-electron chi connectivity index (χ2n) is 3.87. The Morgan fingerprint density at radius 2 is 1.75 bits per heavy atom.